The fraction of sp³-hybridized carbons (Fsp3) is 0.375. The third-order valence-electron chi connectivity index (χ3n) is 5.63. The molecule has 3 aromatic rings. The van der Waals surface area contributed by atoms with E-state index >= 15 is 0 Å². The van der Waals surface area contributed by atoms with E-state index in [4.69, 9.17) is 14.3 Å². The predicted octanol–water partition coefficient (Wildman–Crippen LogP) is 3.21. The Bertz CT molecular complexity index is 1070. The first-order valence-electron chi connectivity index (χ1n) is 10.5. The van der Waals surface area contributed by atoms with Crippen molar-refractivity contribution in [3.8, 4) is 0 Å². The summed E-state index contributed by atoms with van der Waals surface area (Å²) < 4.78 is 5.45. The SMILES string of the molecule is Cc1cc2oc(=O)cc(CN3CCCN(Cc4ccccn4)CC3)c2cc1C.O=CO. The zero-order valence-electron chi connectivity index (χ0n) is 18.1. The molecule has 0 unspecified atom stereocenters. The van der Waals surface area contributed by atoms with Crippen LogP contribution in [0.3, 0.4) is 0 Å². The molecule has 0 spiro atoms. The van der Waals surface area contributed by atoms with E-state index in [9.17, 15) is 4.79 Å². The highest BCUT2D eigenvalue weighted by molar-refractivity contribution is 5.81. The Kier molecular flexibility index (Phi) is 7.92. The molecule has 1 N–H and O–H groups in total. The van der Waals surface area contributed by atoms with Crippen molar-refractivity contribution in [1.82, 2.24) is 14.8 Å². The van der Waals surface area contributed by atoms with E-state index in [-0.39, 0.29) is 12.1 Å². The average Bonchev–Trinajstić information content (AvgIpc) is 2.96. The maximum absolute atomic E-state index is 12.1. The average molecular weight is 424 g/mol. The Balaban J connectivity index is 0.000000858. The first kappa shape index (κ1) is 22.7. The van der Waals surface area contributed by atoms with Crippen LogP contribution >= 0.6 is 0 Å². The topological polar surface area (TPSA) is 86.9 Å². The summed E-state index contributed by atoms with van der Waals surface area (Å²) >= 11 is 0. The van der Waals surface area contributed by atoms with Gasteiger partial charge in [0, 0.05) is 43.8 Å². The number of hydrogen-bond acceptors (Lipinski definition) is 6. The van der Waals surface area contributed by atoms with Crippen LogP contribution in [0.25, 0.3) is 11.0 Å². The van der Waals surface area contributed by atoms with Crippen LogP contribution in [0.2, 0.25) is 0 Å². The lowest BCUT2D eigenvalue weighted by molar-refractivity contribution is -0.122. The van der Waals surface area contributed by atoms with Crippen LogP contribution in [0.1, 0.15) is 28.8 Å². The summed E-state index contributed by atoms with van der Waals surface area (Å²) in [5, 5.41) is 7.94. The molecule has 164 valence electrons. The minimum Gasteiger partial charge on any atom is -0.483 e. The summed E-state index contributed by atoms with van der Waals surface area (Å²) in [5.74, 6) is 0. The van der Waals surface area contributed by atoms with Gasteiger partial charge in [-0.2, -0.15) is 0 Å². The molecule has 1 aliphatic rings. The molecule has 0 saturated carbocycles. The van der Waals surface area contributed by atoms with Crippen molar-refractivity contribution >= 4 is 17.4 Å². The lowest BCUT2D eigenvalue weighted by atomic mass is 10.0. The number of rotatable bonds is 4. The number of nitrogens with zero attached hydrogens (tertiary/aromatic N) is 3. The number of aromatic nitrogens is 1. The lowest BCUT2D eigenvalue weighted by Gasteiger charge is -2.22. The first-order chi connectivity index (χ1) is 15.0. The van der Waals surface area contributed by atoms with Crippen molar-refractivity contribution < 1.29 is 14.3 Å². The Morgan fingerprint density at radius 1 is 1.03 bits per heavy atom. The van der Waals surface area contributed by atoms with Gasteiger partial charge in [0.15, 0.2) is 0 Å². The summed E-state index contributed by atoms with van der Waals surface area (Å²) in [7, 11) is 0. The maximum Gasteiger partial charge on any atom is 0.336 e. The monoisotopic (exact) mass is 423 g/mol. The van der Waals surface area contributed by atoms with Crippen molar-refractivity contribution in [2.24, 2.45) is 0 Å². The second kappa shape index (κ2) is 10.8. The minimum atomic E-state index is -0.266. The Morgan fingerprint density at radius 3 is 2.39 bits per heavy atom. The highest BCUT2D eigenvalue weighted by Crippen LogP contribution is 2.23. The summed E-state index contributed by atoms with van der Waals surface area (Å²) in [6.45, 7) is 9.67. The third kappa shape index (κ3) is 6.23. The smallest absolute Gasteiger partial charge is 0.336 e. The molecule has 3 heterocycles. The summed E-state index contributed by atoms with van der Waals surface area (Å²) in [6, 6.07) is 11.9. The standard InChI is InChI=1S/C23H27N3O2.CH2O2/c1-17-12-21-19(14-23(27)28-22(21)13-18(17)2)15-25-8-5-9-26(11-10-25)16-20-6-3-4-7-24-20;2-1-3/h3-4,6-7,12-14H,5,8-11,15-16H2,1-2H3;1H,(H,2,3). The molecule has 0 radical (unpaired) electrons. The number of carboxylic acid groups (broad SMARTS) is 1. The molecule has 4 rings (SSSR count). The molecule has 0 amide bonds. The van der Waals surface area contributed by atoms with E-state index in [1.54, 1.807) is 6.07 Å². The number of benzene rings is 1. The number of pyridine rings is 1. The molecular weight excluding hydrogens is 394 g/mol. The molecule has 1 fully saturated rings. The van der Waals surface area contributed by atoms with Gasteiger partial charge >= 0.3 is 5.63 Å². The van der Waals surface area contributed by atoms with Gasteiger partial charge in [-0.1, -0.05) is 6.07 Å². The van der Waals surface area contributed by atoms with Gasteiger partial charge in [0.05, 0.1) is 5.69 Å². The van der Waals surface area contributed by atoms with Gasteiger partial charge in [-0.15, -0.1) is 0 Å². The zero-order chi connectivity index (χ0) is 22.2. The number of fused-ring (bicyclic) bond motifs is 1. The molecule has 0 aliphatic carbocycles. The van der Waals surface area contributed by atoms with E-state index in [1.165, 1.54) is 5.56 Å². The quantitative estimate of drug-likeness (QED) is 0.509. The largest absolute Gasteiger partial charge is 0.483 e. The number of aryl methyl sites for hydroxylation is 2. The highest BCUT2D eigenvalue weighted by Gasteiger charge is 2.17. The molecule has 7 heteroatoms. The Hall–Kier alpha value is -3.03. The van der Waals surface area contributed by atoms with E-state index in [1.807, 2.05) is 31.3 Å². The maximum atomic E-state index is 12.1. The van der Waals surface area contributed by atoms with Gasteiger partial charge in [0.25, 0.3) is 6.47 Å². The van der Waals surface area contributed by atoms with Gasteiger partial charge in [-0.3, -0.25) is 19.6 Å². The molecule has 1 aliphatic heterocycles. The second-order valence-corrected chi connectivity index (χ2v) is 7.86. The minimum absolute atomic E-state index is 0.250. The van der Waals surface area contributed by atoms with Crippen molar-refractivity contribution in [2.75, 3.05) is 26.2 Å². The molecular formula is C24H29N3O4. The third-order valence-corrected chi connectivity index (χ3v) is 5.63. The zero-order valence-corrected chi connectivity index (χ0v) is 18.1. The second-order valence-electron chi connectivity index (χ2n) is 7.86. The van der Waals surface area contributed by atoms with Crippen LogP contribution in [0.5, 0.6) is 0 Å². The van der Waals surface area contributed by atoms with Gasteiger partial charge in [0.2, 0.25) is 0 Å². The molecule has 2 aromatic heterocycles. The van der Waals surface area contributed by atoms with Crippen molar-refractivity contribution in [3.63, 3.8) is 0 Å². The van der Waals surface area contributed by atoms with E-state index in [0.29, 0.717) is 5.58 Å². The Morgan fingerprint density at radius 2 is 1.71 bits per heavy atom. The van der Waals surface area contributed by atoms with Crippen LogP contribution in [-0.4, -0.2) is 52.5 Å². The van der Waals surface area contributed by atoms with Crippen molar-refractivity contribution in [1.29, 1.82) is 0 Å². The van der Waals surface area contributed by atoms with Gasteiger partial charge < -0.3 is 9.52 Å². The van der Waals surface area contributed by atoms with Crippen LogP contribution in [0, 0.1) is 13.8 Å². The summed E-state index contributed by atoms with van der Waals surface area (Å²) in [5.41, 5.74) is 4.98. The molecule has 31 heavy (non-hydrogen) atoms. The molecule has 0 bridgehead atoms. The fourth-order valence-electron chi connectivity index (χ4n) is 3.92. The van der Waals surface area contributed by atoms with Crippen LogP contribution in [0.15, 0.2) is 51.8 Å². The molecule has 0 atom stereocenters. The lowest BCUT2D eigenvalue weighted by Crippen LogP contribution is -2.30. The van der Waals surface area contributed by atoms with Crippen molar-refractivity contribution in [2.45, 2.75) is 33.4 Å². The normalized spacial score (nSPS) is 15.2. The summed E-state index contributed by atoms with van der Waals surface area (Å²) in [6.07, 6.45) is 2.97. The van der Waals surface area contributed by atoms with Crippen LogP contribution in [-0.2, 0) is 17.9 Å². The van der Waals surface area contributed by atoms with Crippen LogP contribution < -0.4 is 5.63 Å². The van der Waals surface area contributed by atoms with Gasteiger partial charge in [0.1, 0.15) is 5.58 Å². The van der Waals surface area contributed by atoms with Gasteiger partial charge in [-0.25, -0.2) is 4.79 Å². The molecule has 7 nitrogen and oxygen atoms in total. The number of carbonyl (C=O) groups is 1. The van der Waals surface area contributed by atoms with Crippen LogP contribution in [0.4, 0.5) is 0 Å². The first-order valence-corrected chi connectivity index (χ1v) is 10.5. The Labute approximate surface area is 181 Å². The van der Waals surface area contributed by atoms with Crippen molar-refractivity contribution in [3.05, 3.63) is 75.4 Å². The summed E-state index contributed by atoms with van der Waals surface area (Å²) in [4.78, 5) is 29.8. The van der Waals surface area contributed by atoms with E-state index < -0.39 is 0 Å². The molecule has 1 aromatic carbocycles. The highest BCUT2D eigenvalue weighted by atomic mass is 16.4. The predicted molar refractivity (Wildman–Crippen MR) is 120 cm³/mol. The fourth-order valence-corrected chi connectivity index (χ4v) is 3.92. The number of hydrogen-bond donors (Lipinski definition) is 1. The van der Waals surface area contributed by atoms with E-state index in [0.717, 1.165) is 67.9 Å². The molecule has 1 saturated heterocycles. The van der Waals surface area contributed by atoms with Gasteiger partial charge in [-0.05, 0) is 74.3 Å². The van der Waals surface area contributed by atoms with E-state index in [2.05, 4.69) is 33.8 Å².